The van der Waals surface area contributed by atoms with E-state index in [-0.39, 0.29) is 0 Å². The van der Waals surface area contributed by atoms with Crippen molar-refractivity contribution in [2.24, 2.45) is 4.99 Å². The van der Waals surface area contributed by atoms with Gasteiger partial charge in [-0.1, -0.05) is 128 Å². The first-order chi connectivity index (χ1) is 25.1. The van der Waals surface area contributed by atoms with Crippen molar-refractivity contribution in [1.29, 1.82) is 0 Å². The van der Waals surface area contributed by atoms with Crippen molar-refractivity contribution in [1.82, 2.24) is 4.68 Å². The molecule has 6 aromatic carbocycles. The van der Waals surface area contributed by atoms with Gasteiger partial charge in [-0.05, 0) is 54.5 Å². The Morgan fingerprint density at radius 2 is 1.45 bits per heavy atom. The first-order valence-corrected chi connectivity index (χ1v) is 17.2. The number of para-hydroxylation sites is 3. The van der Waals surface area contributed by atoms with E-state index in [1.54, 1.807) is 0 Å². The van der Waals surface area contributed by atoms with Crippen molar-refractivity contribution in [2.75, 3.05) is 17.4 Å². The quantitative estimate of drug-likeness (QED) is 0.0950. The van der Waals surface area contributed by atoms with Gasteiger partial charge in [0.2, 0.25) is 0 Å². The molecule has 8 aromatic rings. The van der Waals surface area contributed by atoms with Crippen LogP contribution < -0.4 is 10.3 Å². The minimum absolute atomic E-state index is 0.480. The SMILES string of the molecule is C=C(/C=C\C=C/C)c1ccccc1Nc1ccc2c(c1)oc1cccc(CN=C(c3ccccc3)N(C)n3c4ccccc4c4ccccc43)c12. The third kappa shape index (κ3) is 6.00. The van der Waals surface area contributed by atoms with Crippen molar-refractivity contribution < 1.29 is 4.42 Å². The van der Waals surface area contributed by atoms with Gasteiger partial charge in [-0.25, -0.2) is 0 Å². The minimum atomic E-state index is 0.480. The van der Waals surface area contributed by atoms with Crippen LogP contribution >= 0.6 is 0 Å². The molecule has 5 nitrogen and oxygen atoms in total. The second kappa shape index (κ2) is 13.7. The Hall–Kier alpha value is -6.59. The van der Waals surface area contributed by atoms with Gasteiger partial charge in [0.25, 0.3) is 0 Å². The van der Waals surface area contributed by atoms with Gasteiger partial charge in [-0.15, -0.1) is 0 Å². The average Bonchev–Trinajstić information content (AvgIpc) is 3.71. The van der Waals surface area contributed by atoms with Gasteiger partial charge in [0.1, 0.15) is 17.0 Å². The largest absolute Gasteiger partial charge is 0.456 e. The maximum Gasteiger partial charge on any atom is 0.150 e. The molecule has 1 N–H and O–H groups in total. The summed E-state index contributed by atoms with van der Waals surface area (Å²) in [4.78, 5) is 5.35. The summed E-state index contributed by atoms with van der Waals surface area (Å²) in [5.74, 6) is 0.874. The lowest BCUT2D eigenvalue weighted by Crippen LogP contribution is -2.37. The van der Waals surface area contributed by atoms with Crippen LogP contribution in [-0.4, -0.2) is 17.6 Å². The molecule has 2 heterocycles. The van der Waals surface area contributed by atoms with Crippen molar-refractivity contribution in [3.63, 3.8) is 0 Å². The summed E-state index contributed by atoms with van der Waals surface area (Å²) >= 11 is 0. The number of anilines is 2. The molecule has 0 atom stereocenters. The van der Waals surface area contributed by atoms with E-state index in [1.807, 2.05) is 55.5 Å². The van der Waals surface area contributed by atoms with E-state index in [0.29, 0.717) is 6.54 Å². The molecule has 0 spiro atoms. The second-order valence-corrected chi connectivity index (χ2v) is 12.6. The molecule has 248 valence electrons. The molecular weight excluding hydrogens is 625 g/mol. The zero-order valence-corrected chi connectivity index (χ0v) is 28.8. The topological polar surface area (TPSA) is 45.7 Å². The Morgan fingerprint density at radius 3 is 2.22 bits per heavy atom. The van der Waals surface area contributed by atoms with Crippen molar-refractivity contribution in [3.8, 4) is 0 Å². The van der Waals surface area contributed by atoms with E-state index < -0.39 is 0 Å². The highest BCUT2D eigenvalue weighted by molar-refractivity contribution is 6.13. The van der Waals surface area contributed by atoms with E-state index in [1.165, 1.54) is 10.8 Å². The molecular formula is C46H38N4O. The highest BCUT2D eigenvalue weighted by Gasteiger charge is 2.19. The average molecular weight is 663 g/mol. The Balaban J connectivity index is 1.16. The fourth-order valence-corrected chi connectivity index (χ4v) is 6.96. The van der Waals surface area contributed by atoms with Crippen molar-refractivity contribution in [2.45, 2.75) is 13.5 Å². The van der Waals surface area contributed by atoms with Gasteiger partial charge in [-0.2, -0.15) is 0 Å². The molecule has 0 radical (unpaired) electrons. The molecule has 0 saturated heterocycles. The number of aliphatic imine (C=N–C) groups is 1. The summed E-state index contributed by atoms with van der Waals surface area (Å²) < 4.78 is 8.74. The monoisotopic (exact) mass is 662 g/mol. The van der Waals surface area contributed by atoms with E-state index in [4.69, 9.17) is 9.41 Å². The minimum Gasteiger partial charge on any atom is -0.456 e. The van der Waals surface area contributed by atoms with Crippen LogP contribution in [0.3, 0.4) is 0 Å². The molecule has 0 saturated carbocycles. The molecule has 0 amide bonds. The van der Waals surface area contributed by atoms with E-state index in [0.717, 1.165) is 72.4 Å². The molecule has 0 aliphatic heterocycles. The van der Waals surface area contributed by atoms with Crippen molar-refractivity contribution >= 4 is 66.5 Å². The lowest BCUT2D eigenvalue weighted by Gasteiger charge is -2.25. The van der Waals surface area contributed by atoms with Crippen molar-refractivity contribution in [3.05, 3.63) is 187 Å². The first-order valence-electron chi connectivity index (χ1n) is 17.2. The molecule has 0 aliphatic carbocycles. The van der Waals surface area contributed by atoms with Crippen LogP contribution in [0.1, 0.15) is 23.6 Å². The smallest absolute Gasteiger partial charge is 0.150 e. The lowest BCUT2D eigenvalue weighted by molar-refractivity contribution is 0.669. The Labute approximate surface area is 297 Å². The molecule has 8 rings (SSSR count). The summed E-state index contributed by atoms with van der Waals surface area (Å²) in [7, 11) is 2.10. The number of fused-ring (bicyclic) bond motifs is 6. The first kappa shape index (κ1) is 31.7. The third-order valence-electron chi connectivity index (χ3n) is 9.33. The summed E-state index contributed by atoms with van der Waals surface area (Å²) in [6, 6.07) is 48.3. The van der Waals surface area contributed by atoms with Crippen LogP contribution in [0.4, 0.5) is 11.4 Å². The predicted molar refractivity (Wildman–Crippen MR) is 217 cm³/mol. The zero-order chi connectivity index (χ0) is 34.7. The fourth-order valence-electron chi connectivity index (χ4n) is 6.96. The lowest BCUT2D eigenvalue weighted by atomic mass is 10.0. The molecule has 5 heteroatoms. The van der Waals surface area contributed by atoms with Gasteiger partial charge >= 0.3 is 0 Å². The van der Waals surface area contributed by atoms with Crippen LogP contribution in [0.2, 0.25) is 0 Å². The number of nitrogens with one attached hydrogen (secondary N) is 1. The summed E-state index contributed by atoms with van der Waals surface area (Å²) in [5.41, 5.74) is 9.98. The second-order valence-electron chi connectivity index (χ2n) is 12.6. The van der Waals surface area contributed by atoms with Crippen LogP contribution in [0.5, 0.6) is 0 Å². The van der Waals surface area contributed by atoms with Gasteiger partial charge in [0, 0.05) is 57.2 Å². The third-order valence-corrected chi connectivity index (χ3v) is 9.33. The van der Waals surface area contributed by atoms with Crippen LogP contribution in [-0.2, 0) is 6.54 Å². The number of furan rings is 1. The molecule has 0 aliphatic rings. The summed E-state index contributed by atoms with van der Waals surface area (Å²) in [5, 5.41) is 10.3. The highest BCUT2D eigenvalue weighted by Crippen LogP contribution is 2.35. The number of amidine groups is 1. The zero-order valence-electron chi connectivity index (χ0n) is 28.8. The molecule has 51 heavy (non-hydrogen) atoms. The normalized spacial score (nSPS) is 12.2. The number of aromatic nitrogens is 1. The van der Waals surface area contributed by atoms with E-state index in [9.17, 15) is 0 Å². The maximum absolute atomic E-state index is 6.47. The number of nitrogens with zero attached hydrogens (tertiary/aromatic N) is 3. The molecule has 0 bridgehead atoms. The molecule has 0 fully saturated rings. The van der Waals surface area contributed by atoms with Gasteiger partial charge in [-0.3, -0.25) is 14.7 Å². The standard InChI is InChI=1S/C46H38N4O/c1-4-5-7-17-32(2)36-21-10-13-24-40(36)48-35-28-29-39-44(30-35)51-43-27-16-20-34(45(39)43)31-47-46(33-18-8-6-9-19-33)49(3)50-41-25-14-11-22-37(41)38-23-12-15-26-42(38)50/h4-30,48H,2,31H2,1,3H3/b5-4-,17-7-,47-46?. The number of hydrogen-bond acceptors (Lipinski definition) is 3. The molecule has 0 unspecified atom stereocenters. The highest BCUT2D eigenvalue weighted by atomic mass is 16.3. The number of rotatable bonds is 9. The van der Waals surface area contributed by atoms with Gasteiger partial charge in [0.05, 0.1) is 17.6 Å². The van der Waals surface area contributed by atoms with Gasteiger partial charge < -0.3 is 9.73 Å². The van der Waals surface area contributed by atoms with E-state index >= 15 is 0 Å². The summed E-state index contributed by atoms with van der Waals surface area (Å²) in [6.07, 6.45) is 8.04. The molecule has 2 aromatic heterocycles. The van der Waals surface area contributed by atoms with Crippen LogP contribution in [0.15, 0.2) is 180 Å². The number of benzene rings is 6. The number of allylic oxidation sites excluding steroid dienone is 5. The summed E-state index contributed by atoms with van der Waals surface area (Å²) in [6.45, 7) is 6.78. The van der Waals surface area contributed by atoms with E-state index in [2.05, 4.69) is 144 Å². The Morgan fingerprint density at radius 1 is 0.745 bits per heavy atom. The fraction of sp³-hybridized carbons (Fsp3) is 0.0652. The number of hydrogen-bond donors (Lipinski definition) is 1. The van der Waals surface area contributed by atoms with Crippen LogP contribution in [0, 0.1) is 0 Å². The maximum atomic E-state index is 6.47. The Bertz CT molecular complexity index is 2580. The van der Waals surface area contributed by atoms with Crippen LogP contribution in [0.25, 0.3) is 49.3 Å². The predicted octanol–water partition coefficient (Wildman–Crippen LogP) is 11.8. The Kier molecular flexibility index (Phi) is 8.52. The van der Waals surface area contributed by atoms with Gasteiger partial charge in [0.15, 0.2) is 0 Å².